The van der Waals surface area contributed by atoms with Crippen molar-refractivity contribution in [2.75, 3.05) is 18.4 Å². The molecule has 126 valence electrons. The molecule has 2 aliphatic rings. The number of aromatic amines is 1. The lowest BCUT2D eigenvalue weighted by Gasteiger charge is -2.31. The van der Waals surface area contributed by atoms with Crippen molar-refractivity contribution in [2.45, 2.75) is 31.7 Å². The molecule has 0 spiro atoms. The Morgan fingerprint density at radius 1 is 1.29 bits per heavy atom. The van der Waals surface area contributed by atoms with Crippen molar-refractivity contribution in [1.29, 1.82) is 0 Å². The molecule has 2 aromatic heterocycles. The van der Waals surface area contributed by atoms with E-state index in [1.54, 1.807) is 6.20 Å². The largest absolute Gasteiger partial charge is 0.465 e. The van der Waals surface area contributed by atoms with E-state index in [1.165, 1.54) is 11.2 Å². The lowest BCUT2D eigenvalue weighted by molar-refractivity contribution is 0.0969. The van der Waals surface area contributed by atoms with E-state index in [-0.39, 0.29) is 17.7 Å². The molecule has 2 fully saturated rings. The van der Waals surface area contributed by atoms with Crippen molar-refractivity contribution in [3.63, 3.8) is 0 Å². The van der Waals surface area contributed by atoms with Gasteiger partial charge < -0.3 is 20.3 Å². The third-order valence-electron chi connectivity index (χ3n) is 4.72. The van der Waals surface area contributed by atoms with Gasteiger partial charge in [0.05, 0.1) is 5.39 Å². The average Bonchev–Trinajstić information content (AvgIpc) is 3.34. The Bertz CT molecular complexity index is 798. The second-order valence-corrected chi connectivity index (χ2v) is 6.50. The quantitative estimate of drug-likeness (QED) is 0.741. The summed E-state index contributed by atoms with van der Waals surface area (Å²) in [5, 5.41) is 13.2. The first-order valence-electron chi connectivity index (χ1n) is 8.24. The highest BCUT2D eigenvalue weighted by atomic mass is 16.4. The average molecular weight is 329 g/mol. The molecular formula is C16H19N5O3. The normalized spacial score (nSPS) is 21.0. The Balaban J connectivity index is 1.62. The van der Waals surface area contributed by atoms with E-state index in [0.717, 1.165) is 25.7 Å². The number of nitrogens with zero attached hydrogens (tertiary/aromatic N) is 3. The number of nitrogens with one attached hydrogen (secondary N) is 2. The molecule has 1 saturated carbocycles. The van der Waals surface area contributed by atoms with E-state index in [4.69, 9.17) is 5.11 Å². The summed E-state index contributed by atoms with van der Waals surface area (Å²) in [6.45, 7) is 0.972. The van der Waals surface area contributed by atoms with Crippen LogP contribution in [0.25, 0.3) is 11.0 Å². The molecule has 0 bridgehead atoms. The first kappa shape index (κ1) is 14.9. The third-order valence-corrected chi connectivity index (χ3v) is 4.72. The number of carbonyl (C=O) groups is 2. The number of carbonyl (C=O) groups excluding carboxylic acids is 1. The van der Waals surface area contributed by atoms with E-state index >= 15 is 0 Å². The van der Waals surface area contributed by atoms with E-state index < -0.39 is 6.09 Å². The van der Waals surface area contributed by atoms with Gasteiger partial charge in [0.25, 0.3) is 0 Å². The molecule has 1 aliphatic carbocycles. The maximum atomic E-state index is 12.5. The molecule has 1 atom stereocenters. The predicted octanol–water partition coefficient (Wildman–Crippen LogP) is 2.10. The number of hydrogen-bond donors (Lipinski definition) is 3. The predicted molar refractivity (Wildman–Crippen MR) is 87.2 cm³/mol. The maximum Gasteiger partial charge on any atom is 0.407 e. The number of H-pyrrole nitrogens is 1. The zero-order valence-electron chi connectivity index (χ0n) is 13.2. The number of likely N-dealkylation sites (tertiary alicyclic amines) is 1. The number of fused-ring (bicyclic) bond motifs is 1. The van der Waals surface area contributed by atoms with Gasteiger partial charge in [0, 0.05) is 36.8 Å². The van der Waals surface area contributed by atoms with Gasteiger partial charge in [-0.1, -0.05) is 0 Å². The van der Waals surface area contributed by atoms with Crippen molar-refractivity contribution >= 4 is 28.7 Å². The number of anilines is 1. The van der Waals surface area contributed by atoms with Crippen LogP contribution in [0.2, 0.25) is 0 Å². The van der Waals surface area contributed by atoms with Crippen LogP contribution in [0, 0.1) is 5.92 Å². The van der Waals surface area contributed by atoms with Crippen LogP contribution in [0.5, 0.6) is 0 Å². The summed E-state index contributed by atoms with van der Waals surface area (Å²) in [4.78, 5) is 36.6. The smallest absolute Gasteiger partial charge is 0.407 e. The van der Waals surface area contributed by atoms with Gasteiger partial charge in [-0.25, -0.2) is 14.8 Å². The van der Waals surface area contributed by atoms with Crippen LogP contribution in [-0.2, 0) is 0 Å². The van der Waals surface area contributed by atoms with Crippen molar-refractivity contribution in [1.82, 2.24) is 19.9 Å². The lowest BCUT2D eigenvalue weighted by Crippen LogP contribution is -2.44. The first-order valence-corrected chi connectivity index (χ1v) is 8.24. The number of rotatable bonds is 4. The fourth-order valence-electron chi connectivity index (χ4n) is 3.29. The van der Waals surface area contributed by atoms with Crippen molar-refractivity contribution in [2.24, 2.45) is 5.92 Å². The number of ketones is 1. The Morgan fingerprint density at radius 3 is 2.88 bits per heavy atom. The highest BCUT2D eigenvalue weighted by molar-refractivity contribution is 6.12. The van der Waals surface area contributed by atoms with Crippen molar-refractivity contribution in [3.8, 4) is 0 Å². The Hall–Kier alpha value is -2.64. The minimum atomic E-state index is -0.902. The molecule has 1 aliphatic heterocycles. The second-order valence-electron chi connectivity index (χ2n) is 6.50. The molecule has 2 aromatic rings. The first-order chi connectivity index (χ1) is 11.6. The van der Waals surface area contributed by atoms with Gasteiger partial charge in [0.1, 0.15) is 17.8 Å². The van der Waals surface area contributed by atoms with Gasteiger partial charge in [0.2, 0.25) is 0 Å². The number of piperidine rings is 1. The molecule has 3 heterocycles. The molecule has 1 unspecified atom stereocenters. The van der Waals surface area contributed by atoms with Gasteiger partial charge >= 0.3 is 6.09 Å². The topological polar surface area (TPSA) is 111 Å². The zero-order valence-corrected chi connectivity index (χ0v) is 13.2. The molecule has 1 amide bonds. The highest BCUT2D eigenvalue weighted by Gasteiger charge is 2.33. The number of carboxylic acid groups (broad SMARTS) is 1. The van der Waals surface area contributed by atoms with Gasteiger partial charge in [-0.2, -0.15) is 0 Å². The van der Waals surface area contributed by atoms with E-state index in [2.05, 4.69) is 20.3 Å². The molecule has 0 radical (unpaired) electrons. The summed E-state index contributed by atoms with van der Waals surface area (Å²) in [5.41, 5.74) is 1.25. The van der Waals surface area contributed by atoms with Crippen LogP contribution in [-0.4, -0.2) is 56.0 Å². The van der Waals surface area contributed by atoms with Crippen LogP contribution in [0.3, 0.4) is 0 Å². The van der Waals surface area contributed by atoms with E-state index in [9.17, 15) is 9.59 Å². The van der Waals surface area contributed by atoms with Crippen LogP contribution in [0.15, 0.2) is 12.5 Å². The molecule has 8 nitrogen and oxygen atoms in total. The van der Waals surface area contributed by atoms with Gasteiger partial charge in [-0.15, -0.1) is 0 Å². The summed E-state index contributed by atoms with van der Waals surface area (Å²) >= 11 is 0. The molecular weight excluding hydrogens is 310 g/mol. The maximum absolute atomic E-state index is 12.5. The van der Waals surface area contributed by atoms with Gasteiger partial charge in [-0.3, -0.25) is 4.79 Å². The summed E-state index contributed by atoms with van der Waals surface area (Å²) in [5.74, 6) is 0.853. The SMILES string of the molecule is O=C(c1c[nH]c2ncnc(NC3CCCN(C(=O)O)C3)c12)C1CC1. The lowest BCUT2D eigenvalue weighted by atomic mass is 10.0. The molecule has 0 aromatic carbocycles. The second kappa shape index (κ2) is 5.77. The van der Waals surface area contributed by atoms with Gasteiger partial charge in [0.15, 0.2) is 5.78 Å². The standard InChI is InChI=1S/C16H19N5O3/c22-13(9-3-4-9)11-6-17-14-12(11)15(19-8-18-14)20-10-2-1-5-21(7-10)16(23)24/h6,8-10H,1-5,7H2,(H,23,24)(H2,17,18,19,20). The summed E-state index contributed by atoms with van der Waals surface area (Å²) in [6, 6.07) is -0.0215. The fourth-order valence-corrected chi connectivity index (χ4v) is 3.29. The number of Topliss-reactive ketones (excluding diaryl/α,β-unsaturated/α-hetero) is 1. The molecule has 8 heteroatoms. The minimum absolute atomic E-state index is 0.0215. The minimum Gasteiger partial charge on any atom is -0.465 e. The zero-order chi connectivity index (χ0) is 16.7. The molecule has 4 rings (SSSR count). The summed E-state index contributed by atoms with van der Waals surface area (Å²) < 4.78 is 0. The van der Waals surface area contributed by atoms with Crippen molar-refractivity contribution in [3.05, 3.63) is 18.1 Å². The fraction of sp³-hybridized carbons (Fsp3) is 0.500. The van der Waals surface area contributed by atoms with E-state index in [1.807, 2.05) is 0 Å². The number of amides is 1. The van der Waals surface area contributed by atoms with Crippen LogP contribution in [0.4, 0.5) is 10.6 Å². The number of hydrogen-bond acceptors (Lipinski definition) is 5. The molecule has 3 N–H and O–H groups in total. The van der Waals surface area contributed by atoms with Crippen LogP contribution < -0.4 is 5.32 Å². The molecule has 24 heavy (non-hydrogen) atoms. The number of aromatic nitrogens is 3. The van der Waals surface area contributed by atoms with Crippen molar-refractivity contribution < 1.29 is 14.7 Å². The Morgan fingerprint density at radius 2 is 2.12 bits per heavy atom. The van der Waals surface area contributed by atoms with Gasteiger partial charge in [-0.05, 0) is 25.7 Å². The third kappa shape index (κ3) is 2.68. The highest BCUT2D eigenvalue weighted by Crippen LogP contribution is 2.36. The van der Waals surface area contributed by atoms with Crippen LogP contribution >= 0.6 is 0 Å². The van der Waals surface area contributed by atoms with E-state index in [0.29, 0.717) is 35.5 Å². The summed E-state index contributed by atoms with van der Waals surface area (Å²) in [6.07, 6.45) is 5.81. The van der Waals surface area contributed by atoms with Crippen LogP contribution in [0.1, 0.15) is 36.0 Å². The Labute approximate surface area is 138 Å². The Kier molecular flexibility index (Phi) is 3.59. The summed E-state index contributed by atoms with van der Waals surface area (Å²) in [7, 11) is 0. The molecule has 1 saturated heterocycles. The monoisotopic (exact) mass is 329 g/mol.